The summed E-state index contributed by atoms with van der Waals surface area (Å²) in [6.07, 6.45) is 1.03. The van der Waals surface area contributed by atoms with Crippen LogP contribution in [0.3, 0.4) is 0 Å². The van der Waals surface area contributed by atoms with Gasteiger partial charge in [-0.15, -0.1) is 0 Å². The van der Waals surface area contributed by atoms with Gasteiger partial charge in [0.25, 0.3) is 0 Å². The molecule has 0 saturated carbocycles. The predicted molar refractivity (Wildman–Crippen MR) is 40.1 cm³/mol. The molecule has 0 aliphatic heterocycles. The Hall–Kier alpha value is 0.270. The summed E-state index contributed by atoms with van der Waals surface area (Å²) in [6, 6.07) is 0. The first kappa shape index (κ1) is 8.27. The summed E-state index contributed by atoms with van der Waals surface area (Å²) in [6.45, 7) is 3.73. The fourth-order valence-corrected chi connectivity index (χ4v) is 0.542. The van der Waals surface area contributed by atoms with Crippen molar-refractivity contribution in [1.29, 1.82) is 0 Å². The molecule has 1 unspecified atom stereocenters. The highest BCUT2D eigenvalue weighted by atomic mass is 32.1. The zero-order valence-corrected chi connectivity index (χ0v) is 6.12. The predicted octanol–water partition coefficient (Wildman–Crippen LogP) is 0.201. The molecular formula is C5H14N2S. The van der Waals surface area contributed by atoms with Crippen LogP contribution in [0.2, 0.25) is 0 Å². The van der Waals surface area contributed by atoms with Gasteiger partial charge < -0.3 is 11.1 Å². The Bertz CT molecular complexity index is 47.7. The second kappa shape index (κ2) is 5.41. The van der Waals surface area contributed by atoms with Gasteiger partial charge in [0.05, 0.1) is 0 Å². The number of rotatable bonds is 4. The van der Waals surface area contributed by atoms with E-state index in [9.17, 15) is 0 Å². The van der Waals surface area contributed by atoms with Gasteiger partial charge in [-0.1, -0.05) is 0 Å². The van der Waals surface area contributed by atoms with E-state index in [1.54, 1.807) is 0 Å². The van der Waals surface area contributed by atoms with Crippen molar-refractivity contribution in [3.05, 3.63) is 0 Å². The molecular weight excluding hydrogens is 120 g/mol. The standard InChI is InChI=1S/C5H14N2S/c1-5(8)7-4-2-3-6/h5,7-8H,2-4,6H2,1H3. The Morgan fingerprint density at radius 1 is 1.75 bits per heavy atom. The molecule has 1 atom stereocenters. The minimum absolute atomic E-state index is 0.293. The molecule has 3 N–H and O–H groups in total. The summed E-state index contributed by atoms with van der Waals surface area (Å²) in [5.41, 5.74) is 5.25. The smallest absolute Gasteiger partial charge is 0.0473 e. The molecule has 50 valence electrons. The van der Waals surface area contributed by atoms with Crippen molar-refractivity contribution < 1.29 is 0 Å². The van der Waals surface area contributed by atoms with Crippen LogP contribution in [-0.2, 0) is 0 Å². The quantitative estimate of drug-likeness (QED) is 0.292. The first-order valence-electron chi connectivity index (χ1n) is 2.89. The number of hydrogen-bond donors (Lipinski definition) is 3. The van der Waals surface area contributed by atoms with Crippen LogP contribution in [0.1, 0.15) is 13.3 Å². The van der Waals surface area contributed by atoms with Gasteiger partial charge in [-0.25, -0.2) is 0 Å². The number of nitrogens with two attached hydrogens (primary N) is 1. The van der Waals surface area contributed by atoms with Crippen LogP contribution in [0.25, 0.3) is 0 Å². The van der Waals surface area contributed by atoms with Crippen LogP contribution in [0, 0.1) is 0 Å². The minimum Gasteiger partial charge on any atom is -0.330 e. The summed E-state index contributed by atoms with van der Waals surface area (Å²) in [5, 5.41) is 3.42. The molecule has 2 nitrogen and oxygen atoms in total. The molecule has 0 aromatic rings. The van der Waals surface area contributed by atoms with Crippen LogP contribution in [-0.4, -0.2) is 18.5 Å². The van der Waals surface area contributed by atoms with Crippen LogP contribution >= 0.6 is 12.6 Å². The molecule has 0 rings (SSSR count). The molecule has 0 aromatic carbocycles. The fourth-order valence-electron chi connectivity index (χ4n) is 0.413. The summed E-state index contributed by atoms with van der Waals surface area (Å²) >= 11 is 4.12. The topological polar surface area (TPSA) is 38.0 Å². The van der Waals surface area contributed by atoms with E-state index in [2.05, 4.69) is 17.9 Å². The van der Waals surface area contributed by atoms with E-state index in [1.165, 1.54) is 0 Å². The van der Waals surface area contributed by atoms with Crippen molar-refractivity contribution in [2.75, 3.05) is 13.1 Å². The van der Waals surface area contributed by atoms with Gasteiger partial charge in [0.15, 0.2) is 0 Å². The van der Waals surface area contributed by atoms with Gasteiger partial charge in [-0.3, -0.25) is 0 Å². The van der Waals surface area contributed by atoms with E-state index in [-0.39, 0.29) is 0 Å². The van der Waals surface area contributed by atoms with Crippen molar-refractivity contribution in [3.8, 4) is 0 Å². The zero-order valence-electron chi connectivity index (χ0n) is 5.22. The normalized spacial score (nSPS) is 13.9. The molecule has 0 aliphatic carbocycles. The average Bonchev–Trinajstić information content (AvgIpc) is 1.66. The maximum atomic E-state index is 5.25. The monoisotopic (exact) mass is 134 g/mol. The van der Waals surface area contributed by atoms with Gasteiger partial charge >= 0.3 is 0 Å². The molecule has 0 heterocycles. The van der Waals surface area contributed by atoms with E-state index in [0.717, 1.165) is 19.5 Å². The van der Waals surface area contributed by atoms with Crippen molar-refractivity contribution in [2.45, 2.75) is 18.7 Å². The Kier molecular flexibility index (Phi) is 5.59. The van der Waals surface area contributed by atoms with Crippen LogP contribution in [0.5, 0.6) is 0 Å². The van der Waals surface area contributed by atoms with Crippen molar-refractivity contribution in [1.82, 2.24) is 5.32 Å². The van der Waals surface area contributed by atoms with E-state index in [4.69, 9.17) is 5.73 Å². The molecule has 0 aliphatic rings. The molecule has 3 heteroatoms. The molecule has 0 radical (unpaired) electrons. The van der Waals surface area contributed by atoms with E-state index in [0.29, 0.717) is 5.37 Å². The maximum Gasteiger partial charge on any atom is 0.0473 e. The van der Waals surface area contributed by atoms with E-state index < -0.39 is 0 Å². The summed E-state index contributed by atoms with van der Waals surface area (Å²) in [5.74, 6) is 0. The molecule has 8 heavy (non-hydrogen) atoms. The Morgan fingerprint density at radius 2 is 2.38 bits per heavy atom. The number of hydrogen-bond acceptors (Lipinski definition) is 3. The van der Waals surface area contributed by atoms with Crippen molar-refractivity contribution in [2.24, 2.45) is 5.73 Å². The third kappa shape index (κ3) is 6.27. The van der Waals surface area contributed by atoms with Crippen LogP contribution in [0.4, 0.5) is 0 Å². The van der Waals surface area contributed by atoms with Gasteiger partial charge in [0.1, 0.15) is 0 Å². The van der Waals surface area contributed by atoms with Crippen LogP contribution < -0.4 is 11.1 Å². The maximum absolute atomic E-state index is 5.25. The summed E-state index contributed by atoms with van der Waals surface area (Å²) < 4.78 is 0. The van der Waals surface area contributed by atoms with Gasteiger partial charge in [0, 0.05) is 5.37 Å². The first-order valence-corrected chi connectivity index (χ1v) is 3.40. The average molecular weight is 134 g/mol. The van der Waals surface area contributed by atoms with Gasteiger partial charge in [-0.2, -0.15) is 12.6 Å². The lowest BCUT2D eigenvalue weighted by Crippen LogP contribution is -2.23. The zero-order chi connectivity index (χ0) is 6.41. The lowest BCUT2D eigenvalue weighted by Gasteiger charge is -2.04. The Morgan fingerprint density at radius 3 is 2.75 bits per heavy atom. The first-order chi connectivity index (χ1) is 3.77. The molecule has 0 saturated heterocycles. The number of nitrogens with one attached hydrogen (secondary N) is 1. The highest BCUT2D eigenvalue weighted by Crippen LogP contribution is 1.84. The highest BCUT2D eigenvalue weighted by Gasteiger charge is 1.88. The lowest BCUT2D eigenvalue weighted by molar-refractivity contribution is 0.654. The third-order valence-corrected chi connectivity index (χ3v) is 1.00. The second-order valence-electron chi connectivity index (χ2n) is 1.77. The summed E-state index contributed by atoms with van der Waals surface area (Å²) in [7, 11) is 0. The van der Waals surface area contributed by atoms with Gasteiger partial charge in [-0.05, 0) is 26.4 Å². The molecule has 0 amide bonds. The lowest BCUT2D eigenvalue weighted by atomic mass is 10.4. The SMILES string of the molecule is CC(S)NCCCN. The van der Waals surface area contributed by atoms with E-state index in [1.807, 2.05) is 6.92 Å². The van der Waals surface area contributed by atoms with Crippen molar-refractivity contribution in [3.63, 3.8) is 0 Å². The molecule has 0 aromatic heterocycles. The van der Waals surface area contributed by atoms with Crippen molar-refractivity contribution >= 4 is 12.6 Å². The van der Waals surface area contributed by atoms with Crippen LogP contribution in [0.15, 0.2) is 0 Å². The molecule has 0 bridgehead atoms. The Balaban J connectivity index is 2.72. The molecule has 0 fully saturated rings. The molecule has 0 spiro atoms. The largest absolute Gasteiger partial charge is 0.330 e. The summed E-state index contributed by atoms with van der Waals surface area (Å²) in [4.78, 5) is 0. The number of thiol groups is 1. The third-order valence-electron chi connectivity index (χ3n) is 0.821. The Labute approximate surface area is 56.2 Å². The second-order valence-corrected chi connectivity index (χ2v) is 2.55. The fraction of sp³-hybridized carbons (Fsp3) is 1.00. The highest BCUT2D eigenvalue weighted by molar-refractivity contribution is 7.80. The minimum atomic E-state index is 0.293. The van der Waals surface area contributed by atoms with E-state index >= 15 is 0 Å². The van der Waals surface area contributed by atoms with Gasteiger partial charge in [0.2, 0.25) is 0 Å².